The number of methoxy groups -OCH3 is 1. The van der Waals surface area contributed by atoms with E-state index in [0.29, 0.717) is 28.2 Å². The van der Waals surface area contributed by atoms with Gasteiger partial charge >= 0.3 is 5.97 Å². The Morgan fingerprint density at radius 2 is 1.87 bits per heavy atom. The van der Waals surface area contributed by atoms with Gasteiger partial charge in [-0.25, -0.2) is 4.79 Å². The standard InChI is InChI=1S/C24H16BrClO5/c1-29-19-10-7-16(25)11-15(19)12-21-23(27)18-9-8-17(13-20(18)31-21)30-24(28)22(26)14-5-3-2-4-6-14/h2-13,22H,1H3/b21-12-. The number of rotatable bonds is 5. The zero-order chi connectivity index (χ0) is 22.0. The van der Waals surface area contributed by atoms with Gasteiger partial charge in [-0.2, -0.15) is 0 Å². The third-order valence-corrected chi connectivity index (χ3v) is 5.56. The minimum atomic E-state index is -0.948. The van der Waals surface area contributed by atoms with Crippen LogP contribution in [0.4, 0.5) is 0 Å². The van der Waals surface area contributed by atoms with Crippen LogP contribution in [0.5, 0.6) is 17.2 Å². The van der Waals surface area contributed by atoms with E-state index in [2.05, 4.69) is 15.9 Å². The lowest BCUT2D eigenvalue weighted by molar-refractivity contribution is -0.134. The molecule has 0 saturated carbocycles. The van der Waals surface area contributed by atoms with E-state index in [1.165, 1.54) is 12.1 Å². The Morgan fingerprint density at radius 1 is 1.10 bits per heavy atom. The number of esters is 1. The quantitative estimate of drug-likeness (QED) is 0.188. The Labute approximate surface area is 192 Å². The van der Waals surface area contributed by atoms with Crippen molar-refractivity contribution >= 4 is 45.4 Å². The molecule has 3 aromatic rings. The van der Waals surface area contributed by atoms with Crippen LogP contribution in [-0.4, -0.2) is 18.9 Å². The molecule has 31 heavy (non-hydrogen) atoms. The number of hydrogen-bond acceptors (Lipinski definition) is 5. The molecule has 0 spiro atoms. The number of allylic oxidation sites excluding steroid dienone is 1. The van der Waals surface area contributed by atoms with Crippen molar-refractivity contribution in [2.75, 3.05) is 7.11 Å². The molecule has 0 bridgehead atoms. The number of Topliss-reactive ketones (excluding diaryl/α,β-unsaturated/α-hetero) is 1. The first-order valence-corrected chi connectivity index (χ1v) is 10.5. The highest BCUT2D eigenvalue weighted by Gasteiger charge is 2.29. The van der Waals surface area contributed by atoms with E-state index >= 15 is 0 Å². The summed E-state index contributed by atoms with van der Waals surface area (Å²) in [6.07, 6.45) is 1.61. The molecule has 5 nitrogen and oxygen atoms in total. The van der Waals surface area contributed by atoms with Gasteiger partial charge in [0.15, 0.2) is 11.1 Å². The van der Waals surface area contributed by atoms with Crippen LogP contribution in [-0.2, 0) is 4.79 Å². The first-order valence-electron chi connectivity index (χ1n) is 9.29. The predicted octanol–water partition coefficient (Wildman–Crippen LogP) is 5.96. The van der Waals surface area contributed by atoms with Crippen LogP contribution in [0, 0.1) is 0 Å². The van der Waals surface area contributed by atoms with Crippen LogP contribution in [0.3, 0.4) is 0 Å². The van der Waals surface area contributed by atoms with Gasteiger partial charge in [-0.05, 0) is 42.0 Å². The molecule has 0 N–H and O–H groups in total. The molecule has 1 atom stereocenters. The summed E-state index contributed by atoms with van der Waals surface area (Å²) >= 11 is 9.63. The minimum Gasteiger partial charge on any atom is -0.496 e. The topological polar surface area (TPSA) is 61.8 Å². The number of benzene rings is 3. The van der Waals surface area contributed by atoms with Crippen molar-refractivity contribution in [1.82, 2.24) is 0 Å². The van der Waals surface area contributed by atoms with Gasteiger partial charge in [-0.3, -0.25) is 4.79 Å². The molecule has 0 aliphatic carbocycles. The van der Waals surface area contributed by atoms with Gasteiger partial charge in [-0.15, -0.1) is 11.6 Å². The van der Waals surface area contributed by atoms with Crippen molar-refractivity contribution in [2.24, 2.45) is 0 Å². The zero-order valence-electron chi connectivity index (χ0n) is 16.3. The number of alkyl halides is 1. The van der Waals surface area contributed by atoms with E-state index in [1.54, 1.807) is 49.6 Å². The minimum absolute atomic E-state index is 0.148. The van der Waals surface area contributed by atoms with Crippen LogP contribution in [0.25, 0.3) is 6.08 Å². The molecule has 0 amide bonds. The van der Waals surface area contributed by atoms with Crippen molar-refractivity contribution in [3.63, 3.8) is 0 Å². The van der Waals surface area contributed by atoms with E-state index in [-0.39, 0.29) is 17.3 Å². The summed E-state index contributed by atoms with van der Waals surface area (Å²) in [5, 5.41) is -0.948. The molecule has 0 fully saturated rings. The lowest BCUT2D eigenvalue weighted by Crippen LogP contribution is -2.14. The molecule has 0 aromatic heterocycles. The van der Waals surface area contributed by atoms with Crippen molar-refractivity contribution in [1.29, 1.82) is 0 Å². The maximum atomic E-state index is 12.7. The number of carbonyl (C=O) groups is 2. The van der Waals surface area contributed by atoms with Gasteiger partial charge in [0.05, 0.1) is 12.7 Å². The Bertz CT molecular complexity index is 1190. The summed E-state index contributed by atoms with van der Waals surface area (Å²) in [4.78, 5) is 25.1. The highest BCUT2D eigenvalue weighted by atomic mass is 79.9. The second-order valence-electron chi connectivity index (χ2n) is 6.68. The molecule has 156 valence electrons. The van der Waals surface area contributed by atoms with Gasteiger partial charge < -0.3 is 14.2 Å². The van der Waals surface area contributed by atoms with Crippen molar-refractivity contribution < 1.29 is 23.8 Å². The van der Waals surface area contributed by atoms with Crippen molar-refractivity contribution in [3.8, 4) is 17.2 Å². The van der Waals surface area contributed by atoms with Crippen LogP contribution < -0.4 is 14.2 Å². The average molecular weight is 500 g/mol. The van der Waals surface area contributed by atoms with Crippen LogP contribution in [0.15, 0.2) is 77.0 Å². The van der Waals surface area contributed by atoms with Gasteiger partial charge in [-0.1, -0.05) is 46.3 Å². The SMILES string of the molecule is COc1ccc(Br)cc1/C=C1\Oc2cc(OC(=O)C(Cl)c3ccccc3)ccc2C1=O. The number of hydrogen-bond donors (Lipinski definition) is 0. The zero-order valence-corrected chi connectivity index (χ0v) is 18.6. The summed E-state index contributed by atoms with van der Waals surface area (Å²) in [6, 6.07) is 19.0. The number of ether oxygens (including phenoxy) is 3. The molecule has 1 aliphatic rings. The maximum Gasteiger partial charge on any atom is 0.334 e. The summed E-state index contributed by atoms with van der Waals surface area (Å²) in [7, 11) is 1.55. The summed E-state index contributed by atoms with van der Waals surface area (Å²) in [6.45, 7) is 0. The number of fused-ring (bicyclic) bond motifs is 1. The first-order chi connectivity index (χ1) is 15.0. The van der Waals surface area contributed by atoms with E-state index in [4.69, 9.17) is 25.8 Å². The van der Waals surface area contributed by atoms with E-state index in [9.17, 15) is 9.59 Å². The Kier molecular flexibility index (Phi) is 6.11. The fraction of sp³-hybridized carbons (Fsp3) is 0.0833. The second-order valence-corrected chi connectivity index (χ2v) is 8.03. The maximum absolute atomic E-state index is 12.7. The summed E-state index contributed by atoms with van der Waals surface area (Å²) in [5.41, 5.74) is 1.70. The van der Waals surface area contributed by atoms with E-state index in [1.807, 2.05) is 18.2 Å². The van der Waals surface area contributed by atoms with Gasteiger partial charge in [0.25, 0.3) is 0 Å². The van der Waals surface area contributed by atoms with Gasteiger partial charge in [0.2, 0.25) is 5.78 Å². The highest BCUT2D eigenvalue weighted by Crippen LogP contribution is 2.36. The molecule has 4 rings (SSSR count). The molecular weight excluding hydrogens is 484 g/mol. The lowest BCUT2D eigenvalue weighted by Gasteiger charge is -2.10. The van der Waals surface area contributed by atoms with Crippen molar-refractivity contribution in [2.45, 2.75) is 5.38 Å². The second kappa shape index (κ2) is 8.96. The number of ketones is 1. The first kappa shape index (κ1) is 21.2. The average Bonchev–Trinajstić information content (AvgIpc) is 3.08. The van der Waals surface area contributed by atoms with Crippen LogP contribution in [0.2, 0.25) is 0 Å². The van der Waals surface area contributed by atoms with Crippen molar-refractivity contribution in [3.05, 3.63) is 93.7 Å². The largest absolute Gasteiger partial charge is 0.496 e. The van der Waals surface area contributed by atoms with E-state index in [0.717, 1.165) is 4.47 Å². The Hall–Kier alpha value is -3.09. The molecule has 1 heterocycles. The molecule has 3 aromatic carbocycles. The van der Waals surface area contributed by atoms with Gasteiger partial charge in [0, 0.05) is 16.1 Å². The Morgan fingerprint density at radius 3 is 2.61 bits per heavy atom. The van der Waals surface area contributed by atoms with E-state index < -0.39 is 11.3 Å². The smallest absolute Gasteiger partial charge is 0.334 e. The molecule has 0 radical (unpaired) electrons. The third-order valence-electron chi connectivity index (χ3n) is 4.64. The highest BCUT2D eigenvalue weighted by molar-refractivity contribution is 9.10. The third kappa shape index (κ3) is 4.50. The van der Waals surface area contributed by atoms with Crippen LogP contribution >= 0.6 is 27.5 Å². The molecule has 1 unspecified atom stereocenters. The molecule has 1 aliphatic heterocycles. The van der Waals surface area contributed by atoms with Crippen LogP contribution in [0.1, 0.15) is 26.9 Å². The Balaban J connectivity index is 1.55. The summed E-state index contributed by atoms with van der Waals surface area (Å²) in [5.74, 6) is 0.406. The monoisotopic (exact) mass is 498 g/mol. The predicted molar refractivity (Wildman–Crippen MR) is 121 cm³/mol. The van der Waals surface area contributed by atoms with Gasteiger partial charge in [0.1, 0.15) is 17.2 Å². The number of carbonyl (C=O) groups excluding carboxylic acids is 2. The normalized spacial score (nSPS) is 14.7. The molecule has 7 heteroatoms. The molecular formula is C24H16BrClO5. The summed E-state index contributed by atoms with van der Waals surface area (Å²) < 4.78 is 17.3. The fourth-order valence-electron chi connectivity index (χ4n) is 3.12. The molecule has 0 saturated heterocycles. The fourth-order valence-corrected chi connectivity index (χ4v) is 3.68. The lowest BCUT2D eigenvalue weighted by atomic mass is 10.1. The number of halogens is 2.